The Morgan fingerprint density at radius 3 is 2.69 bits per heavy atom. The van der Waals surface area contributed by atoms with E-state index in [9.17, 15) is 4.79 Å². The van der Waals surface area contributed by atoms with Crippen LogP contribution in [0.15, 0.2) is 0 Å². The Bertz CT molecular complexity index is 137. The molecule has 13 heavy (non-hydrogen) atoms. The zero-order valence-corrected chi connectivity index (χ0v) is 8.81. The fourth-order valence-corrected chi connectivity index (χ4v) is 1.19. The molecular formula is C10H22N2O. The largest absolute Gasteiger partial charge is 0.354 e. The van der Waals surface area contributed by atoms with Crippen molar-refractivity contribution < 1.29 is 4.79 Å². The van der Waals surface area contributed by atoms with Gasteiger partial charge in [-0.2, -0.15) is 0 Å². The Hall–Kier alpha value is -0.570. The SMILES string of the molecule is CCCCC(C)NC(=O)CCCN. The fourth-order valence-electron chi connectivity index (χ4n) is 1.19. The van der Waals surface area contributed by atoms with Crippen LogP contribution in [0.1, 0.15) is 46.0 Å². The molecule has 0 aromatic rings. The topological polar surface area (TPSA) is 55.1 Å². The van der Waals surface area contributed by atoms with Gasteiger partial charge in [0.05, 0.1) is 0 Å². The molecule has 78 valence electrons. The molecule has 0 aromatic heterocycles. The minimum Gasteiger partial charge on any atom is -0.354 e. The van der Waals surface area contributed by atoms with Crippen LogP contribution in [0.2, 0.25) is 0 Å². The Labute approximate surface area is 81.1 Å². The maximum absolute atomic E-state index is 11.2. The summed E-state index contributed by atoms with van der Waals surface area (Å²) in [5.74, 6) is 0.133. The van der Waals surface area contributed by atoms with Crippen LogP contribution < -0.4 is 11.1 Å². The van der Waals surface area contributed by atoms with E-state index in [0.717, 1.165) is 12.8 Å². The van der Waals surface area contributed by atoms with Crippen LogP contribution in [0.4, 0.5) is 0 Å². The number of unbranched alkanes of at least 4 members (excludes halogenated alkanes) is 1. The molecule has 3 nitrogen and oxygen atoms in total. The van der Waals surface area contributed by atoms with Gasteiger partial charge in [-0.3, -0.25) is 4.79 Å². The molecule has 0 aliphatic heterocycles. The number of carbonyl (C=O) groups excluding carboxylic acids is 1. The predicted molar refractivity (Wildman–Crippen MR) is 55.4 cm³/mol. The average Bonchev–Trinajstić information content (AvgIpc) is 2.11. The highest BCUT2D eigenvalue weighted by Gasteiger charge is 2.05. The second-order valence-electron chi connectivity index (χ2n) is 3.50. The smallest absolute Gasteiger partial charge is 0.220 e. The Morgan fingerprint density at radius 2 is 2.15 bits per heavy atom. The molecule has 0 radical (unpaired) electrons. The summed E-state index contributed by atoms with van der Waals surface area (Å²) >= 11 is 0. The van der Waals surface area contributed by atoms with Gasteiger partial charge in [-0.1, -0.05) is 19.8 Å². The molecule has 1 atom stereocenters. The van der Waals surface area contributed by atoms with Crippen molar-refractivity contribution in [3.05, 3.63) is 0 Å². The van der Waals surface area contributed by atoms with E-state index in [1.807, 2.05) is 0 Å². The Morgan fingerprint density at radius 1 is 1.46 bits per heavy atom. The number of rotatable bonds is 7. The van der Waals surface area contributed by atoms with Crippen molar-refractivity contribution in [3.8, 4) is 0 Å². The second kappa shape index (κ2) is 8.05. The highest BCUT2D eigenvalue weighted by Crippen LogP contribution is 1.99. The summed E-state index contributed by atoms with van der Waals surface area (Å²) in [5, 5.41) is 2.96. The van der Waals surface area contributed by atoms with Crippen molar-refractivity contribution in [1.29, 1.82) is 0 Å². The molecule has 0 heterocycles. The van der Waals surface area contributed by atoms with Crippen LogP contribution in [-0.4, -0.2) is 18.5 Å². The predicted octanol–water partition coefficient (Wildman–Crippen LogP) is 1.42. The lowest BCUT2D eigenvalue weighted by atomic mass is 10.1. The summed E-state index contributed by atoms with van der Waals surface area (Å²) in [6.45, 7) is 4.80. The molecule has 0 aromatic carbocycles. The van der Waals surface area contributed by atoms with Gasteiger partial charge in [-0.25, -0.2) is 0 Å². The van der Waals surface area contributed by atoms with E-state index in [0.29, 0.717) is 19.0 Å². The molecule has 3 N–H and O–H groups in total. The summed E-state index contributed by atoms with van der Waals surface area (Å²) < 4.78 is 0. The molecule has 0 fully saturated rings. The lowest BCUT2D eigenvalue weighted by Gasteiger charge is -2.12. The maximum Gasteiger partial charge on any atom is 0.220 e. The molecule has 0 rings (SSSR count). The lowest BCUT2D eigenvalue weighted by molar-refractivity contribution is -0.121. The molecule has 0 saturated carbocycles. The second-order valence-corrected chi connectivity index (χ2v) is 3.50. The van der Waals surface area contributed by atoms with Crippen molar-refractivity contribution in [2.45, 2.75) is 52.0 Å². The highest BCUT2D eigenvalue weighted by atomic mass is 16.1. The van der Waals surface area contributed by atoms with Crippen molar-refractivity contribution in [2.24, 2.45) is 5.73 Å². The molecule has 0 saturated heterocycles. The van der Waals surface area contributed by atoms with E-state index in [4.69, 9.17) is 5.73 Å². The standard InChI is InChI=1S/C10H22N2O/c1-3-4-6-9(2)12-10(13)7-5-8-11/h9H,3-8,11H2,1-2H3,(H,12,13). The van der Waals surface area contributed by atoms with Crippen LogP contribution in [0.5, 0.6) is 0 Å². The van der Waals surface area contributed by atoms with Crippen molar-refractivity contribution >= 4 is 5.91 Å². The normalized spacial score (nSPS) is 12.5. The summed E-state index contributed by atoms with van der Waals surface area (Å²) in [6.07, 6.45) is 4.78. The third-order valence-electron chi connectivity index (χ3n) is 2.01. The number of nitrogens with one attached hydrogen (secondary N) is 1. The zero-order valence-electron chi connectivity index (χ0n) is 8.81. The molecule has 0 aliphatic carbocycles. The molecule has 1 unspecified atom stereocenters. The summed E-state index contributed by atoms with van der Waals surface area (Å²) in [4.78, 5) is 11.2. The van der Waals surface area contributed by atoms with Crippen LogP contribution >= 0.6 is 0 Å². The van der Waals surface area contributed by atoms with Gasteiger partial charge in [0.25, 0.3) is 0 Å². The average molecular weight is 186 g/mol. The molecule has 0 spiro atoms. The third-order valence-corrected chi connectivity index (χ3v) is 2.01. The Balaban J connectivity index is 3.41. The number of hydrogen-bond acceptors (Lipinski definition) is 2. The number of carbonyl (C=O) groups is 1. The van der Waals surface area contributed by atoms with Crippen LogP contribution in [0.3, 0.4) is 0 Å². The molecule has 3 heteroatoms. The summed E-state index contributed by atoms with van der Waals surface area (Å²) in [7, 11) is 0. The number of nitrogens with two attached hydrogens (primary N) is 1. The minimum absolute atomic E-state index is 0.133. The van der Waals surface area contributed by atoms with E-state index in [2.05, 4.69) is 19.2 Å². The van der Waals surface area contributed by atoms with Gasteiger partial charge >= 0.3 is 0 Å². The number of hydrogen-bond donors (Lipinski definition) is 2. The lowest BCUT2D eigenvalue weighted by Crippen LogP contribution is -2.32. The van der Waals surface area contributed by atoms with Crippen molar-refractivity contribution in [2.75, 3.05) is 6.54 Å². The summed E-state index contributed by atoms with van der Waals surface area (Å²) in [5.41, 5.74) is 5.31. The zero-order chi connectivity index (χ0) is 10.1. The van der Waals surface area contributed by atoms with E-state index in [1.165, 1.54) is 12.8 Å². The van der Waals surface area contributed by atoms with Gasteiger partial charge < -0.3 is 11.1 Å². The molecule has 1 amide bonds. The van der Waals surface area contributed by atoms with E-state index < -0.39 is 0 Å². The van der Waals surface area contributed by atoms with Gasteiger partial charge in [0.1, 0.15) is 0 Å². The first-order valence-electron chi connectivity index (χ1n) is 5.20. The number of amides is 1. The first-order valence-corrected chi connectivity index (χ1v) is 5.20. The quantitative estimate of drug-likeness (QED) is 0.632. The van der Waals surface area contributed by atoms with Crippen molar-refractivity contribution in [3.63, 3.8) is 0 Å². The summed E-state index contributed by atoms with van der Waals surface area (Å²) in [6, 6.07) is 0.310. The van der Waals surface area contributed by atoms with Crippen LogP contribution in [0, 0.1) is 0 Å². The van der Waals surface area contributed by atoms with E-state index in [1.54, 1.807) is 0 Å². The first kappa shape index (κ1) is 12.4. The van der Waals surface area contributed by atoms with Crippen LogP contribution in [0.25, 0.3) is 0 Å². The van der Waals surface area contributed by atoms with Crippen molar-refractivity contribution in [1.82, 2.24) is 5.32 Å². The Kier molecular flexibility index (Phi) is 7.69. The van der Waals surface area contributed by atoms with Crippen LogP contribution in [-0.2, 0) is 4.79 Å². The van der Waals surface area contributed by atoms with Gasteiger partial charge in [-0.05, 0) is 26.3 Å². The fraction of sp³-hybridized carbons (Fsp3) is 0.900. The first-order chi connectivity index (χ1) is 6.20. The maximum atomic E-state index is 11.2. The monoisotopic (exact) mass is 186 g/mol. The van der Waals surface area contributed by atoms with E-state index >= 15 is 0 Å². The molecular weight excluding hydrogens is 164 g/mol. The van der Waals surface area contributed by atoms with E-state index in [-0.39, 0.29) is 5.91 Å². The van der Waals surface area contributed by atoms with Gasteiger partial charge in [0.15, 0.2) is 0 Å². The molecule has 0 bridgehead atoms. The van der Waals surface area contributed by atoms with Gasteiger partial charge in [0, 0.05) is 12.5 Å². The highest BCUT2D eigenvalue weighted by molar-refractivity contribution is 5.76. The van der Waals surface area contributed by atoms with Gasteiger partial charge in [-0.15, -0.1) is 0 Å². The third kappa shape index (κ3) is 7.78. The van der Waals surface area contributed by atoms with Gasteiger partial charge in [0.2, 0.25) is 5.91 Å². The minimum atomic E-state index is 0.133. The molecule has 0 aliphatic rings.